The minimum atomic E-state index is 0.591. The Kier molecular flexibility index (Phi) is 8.98. The summed E-state index contributed by atoms with van der Waals surface area (Å²) in [5.74, 6) is 2.37. The molecule has 1 heterocycles. The van der Waals surface area contributed by atoms with E-state index in [4.69, 9.17) is 12.2 Å². The van der Waals surface area contributed by atoms with Crippen LogP contribution < -0.4 is 0 Å². The summed E-state index contributed by atoms with van der Waals surface area (Å²) in [4.78, 5) is 0. The van der Waals surface area contributed by atoms with Crippen molar-refractivity contribution in [3.8, 4) is 11.4 Å². The normalized spacial score (nSPS) is 12.0. The molecule has 0 saturated carbocycles. The average Bonchev–Trinajstić information content (AvgIpc) is 3.07. The van der Waals surface area contributed by atoms with Gasteiger partial charge in [-0.3, -0.25) is 9.13 Å². The van der Waals surface area contributed by atoms with Gasteiger partial charge in [-0.15, -0.1) is 0 Å². The van der Waals surface area contributed by atoms with Gasteiger partial charge in [-0.25, -0.2) is 0 Å². The maximum absolute atomic E-state index is 6.21. The Morgan fingerprint density at radius 2 is 0.794 bits per heavy atom. The van der Waals surface area contributed by atoms with E-state index in [0.29, 0.717) is 23.7 Å². The minimum absolute atomic E-state index is 0.591. The molecule has 2 aromatic carbocycles. The van der Waals surface area contributed by atoms with Gasteiger partial charge in [0.15, 0.2) is 4.77 Å². The van der Waals surface area contributed by atoms with Gasteiger partial charge in [0, 0.05) is 12.4 Å². The fourth-order valence-electron chi connectivity index (χ4n) is 5.04. The molecular formula is C31H44N2S. The molecule has 3 heteroatoms. The summed E-state index contributed by atoms with van der Waals surface area (Å²) < 4.78 is 5.41. The van der Waals surface area contributed by atoms with E-state index in [1.54, 1.807) is 0 Å². The molecule has 0 amide bonds. The molecule has 1 aromatic heterocycles. The van der Waals surface area contributed by atoms with E-state index >= 15 is 0 Å². The highest BCUT2D eigenvalue weighted by Gasteiger charge is 2.18. The Bertz CT molecular complexity index is 1000. The standard InChI is InChI=1S/C31H44N2S/c1-21(2)17-25-11-9-12-26(18-22(3)4)29(25)32-15-16-33(31(32)34)30-27(19-23(5)6)13-10-14-28(30)20-24(7)8/h9-16,21-24H,17-20H2,1-8H3. The Morgan fingerprint density at radius 3 is 1.03 bits per heavy atom. The lowest BCUT2D eigenvalue weighted by Crippen LogP contribution is -2.11. The molecule has 184 valence electrons. The van der Waals surface area contributed by atoms with E-state index in [2.05, 4.69) is 113 Å². The zero-order valence-corrected chi connectivity index (χ0v) is 23.4. The minimum Gasteiger partial charge on any atom is -0.292 e. The quantitative estimate of drug-likeness (QED) is 0.266. The predicted octanol–water partition coefficient (Wildman–Crippen LogP) is 8.79. The molecule has 0 aliphatic carbocycles. The van der Waals surface area contributed by atoms with Crippen LogP contribution in [-0.2, 0) is 25.7 Å². The van der Waals surface area contributed by atoms with Gasteiger partial charge in [0.05, 0.1) is 11.4 Å². The van der Waals surface area contributed by atoms with E-state index in [1.807, 2.05) is 0 Å². The molecule has 0 atom stereocenters. The Labute approximate surface area is 213 Å². The van der Waals surface area contributed by atoms with Crippen molar-refractivity contribution >= 4 is 12.2 Å². The molecule has 34 heavy (non-hydrogen) atoms. The molecular weight excluding hydrogens is 432 g/mol. The van der Waals surface area contributed by atoms with Crippen molar-refractivity contribution in [2.24, 2.45) is 23.7 Å². The SMILES string of the molecule is CC(C)Cc1cccc(CC(C)C)c1-n1ccn(-c2c(CC(C)C)cccc2CC(C)C)c1=S. The van der Waals surface area contributed by atoms with Crippen molar-refractivity contribution in [2.45, 2.75) is 81.1 Å². The largest absolute Gasteiger partial charge is 0.292 e. The first-order valence-electron chi connectivity index (χ1n) is 13.1. The van der Waals surface area contributed by atoms with Gasteiger partial charge in [-0.1, -0.05) is 91.8 Å². The lowest BCUT2D eigenvalue weighted by atomic mass is 9.94. The second-order valence-electron chi connectivity index (χ2n) is 11.6. The highest BCUT2D eigenvalue weighted by molar-refractivity contribution is 7.71. The third-order valence-electron chi connectivity index (χ3n) is 6.18. The molecule has 0 radical (unpaired) electrons. The second-order valence-corrected chi connectivity index (χ2v) is 11.9. The monoisotopic (exact) mass is 476 g/mol. The summed E-state index contributed by atoms with van der Waals surface area (Å²) in [7, 11) is 0. The van der Waals surface area contributed by atoms with E-state index in [0.717, 1.165) is 30.5 Å². The van der Waals surface area contributed by atoms with E-state index in [1.165, 1.54) is 33.6 Å². The number of para-hydroxylation sites is 2. The van der Waals surface area contributed by atoms with E-state index in [-0.39, 0.29) is 0 Å². The lowest BCUT2D eigenvalue weighted by Gasteiger charge is -2.20. The first-order valence-corrected chi connectivity index (χ1v) is 13.5. The van der Waals surface area contributed by atoms with E-state index in [9.17, 15) is 0 Å². The summed E-state index contributed by atoms with van der Waals surface area (Å²) in [6.45, 7) is 18.4. The van der Waals surface area contributed by atoms with Crippen LogP contribution in [0.5, 0.6) is 0 Å². The number of rotatable bonds is 10. The van der Waals surface area contributed by atoms with Gasteiger partial charge >= 0.3 is 0 Å². The van der Waals surface area contributed by atoms with Crippen molar-refractivity contribution in [2.75, 3.05) is 0 Å². The van der Waals surface area contributed by atoms with Crippen LogP contribution >= 0.6 is 12.2 Å². The highest BCUT2D eigenvalue weighted by Crippen LogP contribution is 2.29. The van der Waals surface area contributed by atoms with E-state index < -0.39 is 0 Å². The topological polar surface area (TPSA) is 9.86 Å². The number of aromatic nitrogens is 2. The van der Waals surface area contributed by atoms with Gasteiger partial charge in [-0.05, 0) is 83.8 Å². The second kappa shape index (κ2) is 11.5. The molecule has 3 rings (SSSR count). The lowest BCUT2D eigenvalue weighted by molar-refractivity contribution is 0.628. The summed E-state index contributed by atoms with van der Waals surface area (Å²) in [6.07, 6.45) is 8.59. The Morgan fingerprint density at radius 1 is 0.529 bits per heavy atom. The average molecular weight is 477 g/mol. The smallest absolute Gasteiger partial charge is 0.189 e. The van der Waals surface area contributed by atoms with Crippen LogP contribution in [0.3, 0.4) is 0 Å². The maximum atomic E-state index is 6.21. The highest BCUT2D eigenvalue weighted by atomic mass is 32.1. The van der Waals surface area contributed by atoms with Crippen molar-refractivity contribution < 1.29 is 0 Å². The number of hydrogen-bond donors (Lipinski definition) is 0. The van der Waals surface area contributed by atoms with Gasteiger partial charge in [0.1, 0.15) is 0 Å². The van der Waals surface area contributed by atoms with Crippen molar-refractivity contribution in [3.05, 3.63) is 75.8 Å². The van der Waals surface area contributed by atoms with Crippen LogP contribution in [0.1, 0.15) is 77.6 Å². The molecule has 0 unspecified atom stereocenters. The van der Waals surface area contributed by atoms with Crippen LogP contribution in [-0.4, -0.2) is 9.13 Å². The molecule has 0 aliphatic rings. The number of hydrogen-bond acceptors (Lipinski definition) is 1. The van der Waals surface area contributed by atoms with Gasteiger partial charge in [-0.2, -0.15) is 0 Å². The number of nitrogens with zero attached hydrogens (tertiary/aromatic N) is 2. The van der Waals surface area contributed by atoms with Crippen molar-refractivity contribution in [3.63, 3.8) is 0 Å². The van der Waals surface area contributed by atoms with Crippen LogP contribution in [0.15, 0.2) is 48.8 Å². The molecule has 0 fully saturated rings. The van der Waals surface area contributed by atoms with Crippen LogP contribution in [0.25, 0.3) is 11.4 Å². The first-order chi connectivity index (χ1) is 16.1. The zero-order valence-electron chi connectivity index (χ0n) is 22.6. The predicted molar refractivity (Wildman–Crippen MR) is 150 cm³/mol. The fourth-order valence-corrected chi connectivity index (χ4v) is 5.35. The number of benzene rings is 2. The Hall–Kier alpha value is -2.13. The molecule has 0 N–H and O–H groups in total. The summed E-state index contributed by atoms with van der Waals surface area (Å²) >= 11 is 6.21. The summed E-state index contributed by atoms with van der Waals surface area (Å²) in [5, 5.41) is 0. The summed E-state index contributed by atoms with van der Waals surface area (Å²) in [5.41, 5.74) is 8.14. The summed E-state index contributed by atoms with van der Waals surface area (Å²) in [6, 6.07) is 13.6. The van der Waals surface area contributed by atoms with Gasteiger partial charge in [0.25, 0.3) is 0 Å². The van der Waals surface area contributed by atoms with Crippen LogP contribution in [0, 0.1) is 28.4 Å². The molecule has 0 saturated heterocycles. The fraction of sp³-hybridized carbons (Fsp3) is 0.516. The third kappa shape index (κ3) is 6.30. The molecule has 0 spiro atoms. The van der Waals surface area contributed by atoms with Crippen LogP contribution in [0.4, 0.5) is 0 Å². The maximum Gasteiger partial charge on any atom is 0.189 e. The first kappa shape index (κ1) is 26.5. The van der Waals surface area contributed by atoms with Gasteiger partial charge in [0.2, 0.25) is 0 Å². The molecule has 2 nitrogen and oxygen atoms in total. The third-order valence-corrected chi connectivity index (χ3v) is 6.57. The zero-order chi connectivity index (χ0) is 25.0. The van der Waals surface area contributed by atoms with Crippen LogP contribution in [0.2, 0.25) is 0 Å². The molecule has 0 aliphatic heterocycles. The molecule has 3 aromatic rings. The van der Waals surface area contributed by atoms with Crippen molar-refractivity contribution in [1.29, 1.82) is 0 Å². The van der Waals surface area contributed by atoms with Crippen molar-refractivity contribution in [1.82, 2.24) is 9.13 Å². The Balaban J connectivity index is 2.24. The number of imidazole rings is 1. The van der Waals surface area contributed by atoms with Gasteiger partial charge < -0.3 is 0 Å². The molecule has 0 bridgehead atoms.